The highest BCUT2D eigenvalue weighted by atomic mass is 32.1. The van der Waals surface area contributed by atoms with E-state index in [4.69, 9.17) is 12.2 Å². The molecule has 0 radical (unpaired) electrons. The summed E-state index contributed by atoms with van der Waals surface area (Å²) in [6, 6.07) is 0.431. The Balaban J connectivity index is 3.55. The van der Waals surface area contributed by atoms with Crippen molar-refractivity contribution in [1.82, 2.24) is 4.90 Å². The Labute approximate surface area is 118 Å². The zero-order valence-corrected chi connectivity index (χ0v) is 13.9. The van der Waals surface area contributed by atoms with Crippen LogP contribution in [0.1, 0.15) is 55.4 Å². The Hall–Kier alpha value is -0.630. The quantitative estimate of drug-likeness (QED) is 0.525. The summed E-state index contributed by atoms with van der Waals surface area (Å²) in [5.41, 5.74) is 5.55. The van der Waals surface area contributed by atoms with Gasteiger partial charge in [-0.15, -0.1) is 0 Å². The minimum atomic E-state index is 0.431. The smallest absolute Gasteiger partial charge is 0.113 e. The highest BCUT2D eigenvalue weighted by Crippen LogP contribution is 2.41. The molecule has 0 fully saturated rings. The molecule has 0 saturated heterocycles. The Morgan fingerprint density at radius 3 is 1.72 bits per heavy atom. The van der Waals surface area contributed by atoms with Gasteiger partial charge in [-0.2, -0.15) is 0 Å². The van der Waals surface area contributed by atoms with Crippen molar-refractivity contribution < 1.29 is 0 Å². The Morgan fingerprint density at radius 2 is 1.44 bits per heavy atom. The molecule has 1 heterocycles. The fourth-order valence-electron chi connectivity index (χ4n) is 2.77. The monoisotopic (exact) mass is 265 g/mol. The summed E-state index contributed by atoms with van der Waals surface area (Å²) in [4.78, 5) is 3.38. The van der Waals surface area contributed by atoms with Crippen LogP contribution in [0.3, 0.4) is 0 Å². The average Bonchev–Trinajstić information content (AvgIpc) is 2.51. The van der Waals surface area contributed by atoms with Crippen molar-refractivity contribution in [3.63, 3.8) is 0 Å². The van der Waals surface area contributed by atoms with E-state index >= 15 is 0 Å². The third kappa shape index (κ3) is 2.54. The van der Waals surface area contributed by atoms with Crippen LogP contribution >= 0.6 is 12.2 Å². The number of hydrogen-bond acceptors (Lipinski definition) is 1. The lowest BCUT2D eigenvalue weighted by molar-refractivity contribution is 0.394. The van der Waals surface area contributed by atoms with E-state index in [1.54, 1.807) is 0 Å². The van der Waals surface area contributed by atoms with Crippen LogP contribution in [-0.4, -0.2) is 15.9 Å². The van der Waals surface area contributed by atoms with Gasteiger partial charge in [-0.1, -0.05) is 45.5 Å². The molecule has 0 N–H and O–H groups in total. The van der Waals surface area contributed by atoms with Crippen LogP contribution in [0.25, 0.3) is 0 Å². The molecule has 0 aromatic heterocycles. The van der Waals surface area contributed by atoms with Gasteiger partial charge >= 0.3 is 0 Å². The molecule has 18 heavy (non-hydrogen) atoms. The van der Waals surface area contributed by atoms with Gasteiger partial charge in [0.05, 0.1) is 0 Å². The van der Waals surface area contributed by atoms with Gasteiger partial charge in [-0.05, 0) is 45.1 Å². The molecule has 0 bridgehead atoms. The summed E-state index contributed by atoms with van der Waals surface area (Å²) in [6.45, 7) is 17.9. The van der Waals surface area contributed by atoms with Crippen molar-refractivity contribution in [3.8, 4) is 0 Å². The Kier molecular flexibility index (Phi) is 4.77. The fourth-order valence-corrected chi connectivity index (χ4v) is 3.40. The lowest BCUT2D eigenvalue weighted by Gasteiger charge is -2.29. The van der Waals surface area contributed by atoms with Crippen LogP contribution in [0.2, 0.25) is 0 Å². The van der Waals surface area contributed by atoms with E-state index in [-0.39, 0.29) is 0 Å². The molecular formula is C16H27NS. The third-order valence-corrected chi connectivity index (χ3v) is 3.78. The van der Waals surface area contributed by atoms with Gasteiger partial charge < -0.3 is 4.90 Å². The molecule has 1 nitrogen and oxygen atoms in total. The van der Waals surface area contributed by atoms with Gasteiger partial charge in [-0.3, -0.25) is 0 Å². The predicted molar refractivity (Wildman–Crippen MR) is 84.6 cm³/mol. The molecule has 0 unspecified atom stereocenters. The largest absolute Gasteiger partial charge is 0.333 e. The molecule has 0 aliphatic carbocycles. The molecular weight excluding hydrogens is 238 g/mol. The number of thiocarbonyl (C=S) groups is 1. The highest BCUT2D eigenvalue weighted by Gasteiger charge is 2.36. The van der Waals surface area contributed by atoms with E-state index in [0.717, 1.165) is 4.99 Å². The minimum Gasteiger partial charge on any atom is -0.333 e. The lowest BCUT2D eigenvalue weighted by Crippen LogP contribution is -2.33. The van der Waals surface area contributed by atoms with Gasteiger partial charge in [-0.25, -0.2) is 0 Å². The topological polar surface area (TPSA) is 3.24 Å². The predicted octanol–water partition coefficient (Wildman–Crippen LogP) is 4.94. The van der Waals surface area contributed by atoms with Crippen molar-refractivity contribution in [3.05, 3.63) is 22.4 Å². The number of rotatable bonds is 3. The molecule has 0 atom stereocenters. The maximum absolute atomic E-state index is 5.73. The zero-order valence-electron chi connectivity index (χ0n) is 13.1. The minimum absolute atomic E-state index is 0.431. The van der Waals surface area contributed by atoms with Crippen LogP contribution in [0.4, 0.5) is 0 Å². The van der Waals surface area contributed by atoms with Crippen molar-refractivity contribution in [2.75, 3.05) is 0 Å². The fraction of sp³-hybridized carbons (Fsp3) is 0.688. The lowest BCUT2D eigenvalue weighted by atomic mass is 9.90. The zero-order chi connectivity index (χ0) is 14.2. The van der Waals surface area contributed by atoms with E-state index in [1.807, 2.05) is 0 Å². The first-order chi connectivity index (χ1) is 8.20. The molecule has 0 spiro atoms. The molecule has 1 rings (SSSR count). The number of hydrogen-bond donors (Lipinski definition) is 0. The highest BCUT2D eigenvalue weighted by molar-refractivity contribution is 7.80. The Bertz CT molecular complexity index is 407. The summed E-state index contributed by atoms with van der Waals surface area (Å²) in [5.74, 6) is 1.04. The standard InChI is InChI=1S/C16H27NS/c1-9(2)13-14(10(3)4)16(18)17(12(7)8)15(13)11(5)6/h9,11-12H,1-8H3. The van der Waals surface area contributed by atoms with E-state index < -0.39 is 0 Å². The second-order valence-electron chi connectivity index (χ2n) is 6.25. The molecule has 0 aromatic rings. The molecule has 2 heteroatoms. The number of allylic oxidation sites excluding steroid dienone is 2. The van der Waals surface area contributed by atoms with Crippen LogP contribution in [0.5, 0.6) is 0 Å². The first kappa shape index (κ1) is 15.4. The number of nitrogens with zero attached hydrogens (tertiary/aromatic N) is 1. The summed E-state index contributed by atoms with van der Waals surface area (Å²) < 4.78 is 0. The van der Waals surface area contributed by atoms with E-state index in [9.17, 15) is 0 Å². The van der Waals surface area contributed by atoms with E-state index in [0.29, 0.717) is 17.9 Å². The van der Waals surface area contributed by atoms with Gasteiger partial charge in [0.2, 0.25) is 0 Å². The van der Waals surface area contributed by atoms with Crippen LogP contribution in [-0.2, 0) is 0 Å². The normalized spacial score (nSPS) is 16.9. The maximum atomic E-state index is 5.73. The second kappa shape index (κ2) is 5.56. The van der Waals surface area contributed by atoms with Crippen LogP contribution in [0, 0.1) is 11.8 Å². The third-order valence-electron chi connectivity index (χ3n) is 3.38. The first-order valence-corrected chi connectivity index (χ1v) is 7.36. The van der Waals surface area contributed by atoms with Crippen LogP contribution in [0.15, 0.2) is 22.4 Å². The summed E-state index contributed by atoms with van der Waals surface area (Å²) in [7, 11) is 0. The second-order valence-corrected chi connectivity index (χ2v) is 6.64. The van der Waals surface area contributed by atoms with Crippen molar-refractivity contribution >= 4 is 17.2 Å². The van der Waals surface area contributed by atoms with Crippen molar-refractivity contribution in [2.45, 2.75) is 61.4 Å². The van der Waals surface area contributed by atoms with Crippen LogP contribution < -0.4 is 0 Å². The Morgan fingerprint density at radius 1 is 0.944 bits per heavy atom. The van der Waals surface area contributed by atoms with E-state index in [2.05, 4.69) is 60.3 Å². The molecule has 0 amide bonds. The average molecular weight is 265 g/mol. The summed E-state index contributed by atoms with van der Waals surface area (Å²) in [5, 5.41) is 0. The van der Waals surface area contributed by atoms with Gasteiger partial charge in [0.15, 0.2) is 0 Å². The summed E-state index contributed by atoms with van der Waals surface area (Å²) >= 11 is 5.73. The molecule has 102 valence electrons. The molecule has 1 aliphatic rings. The van der Waals surface area contributed by atoms with Crippen molar-refractivity contribution in [2.24, 2.45) is 11.8 Å². The first-order valence-electron chi connectivity index (χ1n) is 6.95. The van der Waals surface area contributed by atoms with Gasteiger partial charge in [0.1, 0.15) is 4.99 Å². The van der Waals surface area contributed by atoms with E-state index in [1.165, 1.54) is 22.4 Å². The van der Waals surface area contributed by atoms with Crippen molar-refractivity contribution in [1.29, 1.82) is 0 Å². The van der Waals surface area contributed by atoms with Gasteiger partial charge in [0, 0.05) is 17.3 Å². The molecule has 0 aromatic carbocycles. The molecule has 1 aliphatic heterocycles. The maximum Gasteiger partial charge on any atom is 0.113 e. The molecule has 0 saturated carbocycles. The summed E-state index contributed by atoms with van der Waals surface area (Å²) in [6.07, 6.45) is 0. The van der Waals surface area contributed by atoms with Gasteiger partial charge in [0.25, 0.3) is 0 Å². The SMILES string of the molecule is CC(C)=C1C(=S)N(C(C)C)C(C(C)C)=C1C(C)C.